The fourth-order valence-electron chi connectivity index (χ4n) is 1.86. The Hall–Kier alpha value is -0.870. The van der Waals surface area contributed by atoms with E-state index in [4.69, 9.17) is 0 Å². The van der Waals surface area contributed by atoms with E-state index in [0.717, 1.165) is 24.0 Å². The van der Waals surface area contributed by atoms with Crippen molar-refractivity contribution in [1.29, 1.82) is 0 Å². The highest BCUT2D eigenvalue weighted by atomic mass is 32.2. The maximum absolute atomic E-state index is 12.2. The van der Waals surface area contributed by atoms with E-state index in [-0.39, 0.29) is 6.04 Å². The lowest BCUT2D eigenvalue weighted by Crippen LogP contribution is -2.32. The van der Waals surface area contributed by atoms with Crippen LogP contribution in [0.25, 0.3) is 0 Å². The maximum atomic E-state index is 12.2. The molecule has 0 saturated heterocycles. The summed E-state index contributed by atoms with van der Waals surface area (Å²) in [6.07, 6.45) is 1.89. The lowest BCUT2D eigenvalue weighted by Gasteiger charge is -2.16. The molecule has 1 aromatic carbocycles. The normalized spacial score (nSPS) is 13.8. The van der Waals surface area contributed by atoms with Gasteiger partial charge in [0.25, 0.3) is 0 Å². The second kappa shape index (κ2) is 6.53. The second-order valence-electron chi connectivity index (χ2n) is 5.74. The topological polar surface area (TPSA) is 46.2 Å². The summed E-state index contributed by atoms with van der Waals surface area (Å²) in [6.45, 7) is 10.1. The average Bonchev–Trinajstić information content (AvgIpc) is 2.29. The molecule has 1 rings (SSSR count). The summed E-state index contributed by atoms with van der Waals surface area (Å²) in [6, 6.07) is 5.21. The van der Waals surface area contributed by atoms with Crippen molar-refractivity contribution in [1.82, 2.24) is 4.72 Å². The number of hydrogen-bond donors (Lipinski definition) is 1. The van der Waals surface area contributed by atoms with Gasteiger partial charge in [-0.15, -0.1) is 0 Å². The van der Waals surface area contributed by atoms with Gasteiger partial charge in [-0.3, -0.25) is 0 Å². The first-order valence-corrected chi connectivity index (χ1v) is 8.30. The Morgan fingerprint density at radius 2 is 1.68 bits per heavy atom. The van der Waals surface area contributed by atoms with Gasteiger partial charge in [0.15, 0.2) is 0 Å². The van der Waals surface area contributed by atoms with Crippen LogP contribution in [0.4, 0.5) is 0 Å². The van der Waals surface area contributed by atoms with Crippen LogP contribution in [0.5, 0.6) is 0 Å². The molecule has 3 nitrogen and oxygen atoms in total. The maximum Gasteiger partial charge on any atom is 0.240 e. The molecule has 0 saturated carbocycles. The molecule has 0 amide bonds. The van der Waals surface area contributed by atoms with Crippen molar-refractivity contribution in [3.8, 4) is 0 Å². The van der Waals surface area contributed by atoms with Crippen molar-refractivity contribution in [2.75, 3.05) is 0 Å². The first-order chi connectivity index (χ1) is 8.72. The molecule has 0 aliphatic heterocycles. The molecule has 108 valence electrons. The summed E-state index contributed by atoms with van der Waals surface area (Å²) in [5.41, 5.74) is 2.10. The minimum absolute atomic E-state index is 0.0333. The van der Waals surface area contributed by atoms with E-state index in [9.17, 15) is 8.42 Å². The summed E-state index contributed by atoms with van der Waals surface area (Å²) in [5.74, 6) is 0.591. The van der Waals surface area contributed by atoms with Crippen LogP contribution >= 0.6 is 0 Å². The van der Waals surface area contributed by atoms with Crippen LogP contribution in [0.2, 0.25) is 0 Å². The number of aryl methyl sites for hydroxylation is 2. The molecule has 0 fully saturated rings. The number of hydrogen-bond acceptors (Lipinski definition) is 2. The zero-order valence-electron chi connectivity index (χ0n) is 12.5. The number of nitrogens with one attached hydrogen (secondary N) is 1. The molecule has 0 radical (unpaired) electrons. The molecule has 19 heavy (non-hydrogen) atoms. The lowest BCUT2D eigenvalue weighted by molar-refractivity contribution is 0.485. The summed E-state index contributed by atoms with van der Waals surface area (Å²) >= 11 is 0. The SMILES string of the molecule is Cc1ccc(S(=O)(=O)NC(C)CCC(C)C)cc1C. The Morgan fingerprint density at radius 1 is 1.05 bits per heavy atom. The zero-order chi connectivity index (χ0) is 14.6. The van der Waals surface area contributed by atoms with E-state index in [0.29, 0.717) is 10.8 Å². The Labute approximate surface area is 117 Å². The molecule has 1 atom stereocenters. The fourth-order valence-corrected chi connectivity index (χ4v) is 3.22. The molecule has 0 heterocycles. The summed E-state index contributed by atoms with van der Waals surface area (Å²) < 4.78 is 27.2. The predicted octanol–water partition coefficient (Wildman–Crippen LogP) is 3.41. The van der Waals surface area contributed by atoms with Gasteiger partial charge in [0.1, 0.15) is 0 Å². The van der Waals surface area contributed by atoms with E-state index >= 15 is 0 Å². The predicted molar refractivity (Wildman–Crippen MR) is 79.8 cm³/mol. The minimum atomic E-state index is -3.40. The molecule has 0 bridgehead atoms. The van der Waals surface area contributed by atoms with Crippen molar-refractivity contribution in [3.05, 3.63) is 29.3 Å². The van der Waals surface area contributed by atoms with Gasteiger partial charge in [-0.1, -0.05) is 19.9 Å². The molecule has 4 heteroatoms. The van der Waals surface area contributed by atoms with E-state index in [1.54, 1.807) is 12.1 Å². The smallest absolute Gasteiger partial charge is 0.208 e. The van der Waals surface area contributed by atoms with Gasteiger partial charge in [-0.05, 0) is 62.8 Å². The second-order valence-corrected chi connectivity index (χ2v) is 7.45. The van der Waals surface area contributed by atoms with E-state index < -0.39 is 10.0 Å². The Bertz CT molecular complexity index is 521. The molecule has 0 aromatic heterocycles. The van der Waals surface area contributed by atoms with Gasteiger partial charge in [-0.25, -0.2) is 13.1 Å². The van der Waals surface area contributed by atoms with Crippen molar-refractivity contribution in [2.45, 2.75) is 58.4 Å². The minimum Gasteiger partial charge on any atom is -0.208 e. The van der Waals surface area contributed by atoms with Crippen molar-refractivity contribution < 1.29 is 8.42 Å². The van der Waals surface area contributed by atoms with Crippen LogP contribution in [0.1, 0.15) is 44.7 Å². The molecule has 0 aliphatic carbocycles. The van der Waals surface area contributed by atoms with Crippen LogP contribution < -0.4 is 4.72 Å². The van der Waals surface area contributed by atoms with Crippen LogP contribution in [0, 0.1) is 19.8 Å². The van der Waals surface area contributed by atoms with E-state index in [1.807, 2.05) is 26.8 Å². The zero-order valence-corrected chi connectivity index (χ0v) is 13.3. The quantitative estimate of drug-likeness (QED) is 0.869. The number of sulfonamides is 1. The summed E-state index contributed by atoms with van der Waals surface area (Å²) in [4.78, 5) is 0.354. The van der Waals surface area contributed by atoms with Crippen molar-refractivity contribution in [2.24, 2.45) is 5.92 Å². The largest absolute Gasteiger partial charge is 0.240 e. The van der Waals surface area contributed by atoms with Gasteiger partial charge in [-0.2, -0.15) is 0 Å². The molecule has 1 N–H and O–H groups in total. The Morgan fingerprint density at radius 3 is 2.21 bits per heavy atom. The van der Waals surface area contributed by atoms with Crippen LogP contribution in [0.3, 0.4) is 0 Å². The van der Waals surface area contributed by atoms with Crippen LogP contribution in [0.15, 0.2) is 23.1 Å². The number of benzene rings is 1. The van der Waals surface area contributed by atoms with Crippen LogP contribution in [-0.2, 0) is 10.0 Å². The first kappa shape index (κ1) is 16.2. The van der Waals surface area contributed by atoms with Gasteiger partial charge < -0.3 is 0 Å². The Balaban J connectivity index is 2.77. The molecular weight excluding hydrogens is 258 g/mol. The molecule has 1 unspecified atom stereocenters. The molecule has 1 aromatic rings. The first-order valence-electron chi connectivity index (χ1n) is 6.82. The Kier molecular flexibility index (Phi) is 5.56. The highest BCUT2D eigenvalue weighted by Gasteiger charge is 2.17. The van der Waals surface area contributed by atoms with E-state index in [2.05, 4.69) is 18.6 Å². The third-order valence-corrected chi connectivity index (χ3v) is 4.91. The molecule has 0 aliphatic rings. The van der Waals surface area contributed by atoms with Gasteiger partial charge in [0.2, 0.25) is 10.0 Å². The molecule has 0 spiro atoms. The highest BCUT2D eigenvalue weighted by Crippen LogP contribution is 2.16. The standard InChI is InChI=1S/C15H25NO2S/c1-11(2)6-8-14(5)16-19(17,18)15-9-7-12(3)13(4)10-15/h7,9-11,14,16H,6,8H2,1-5H3. The third kappa shape index (κ3) is 4.96. The fraction of sp³-hybridized carbons (Fsp3) is 0.600. The van der Waals surface area contributed by atoms with Crippen LogP contribution in [-0.4, -0.2) is 14.5 Å². The van der Waals surface area contributed by atoms with Gasteiger partial charge in [0, 0.05) is 6.04 Å². The highest BCUT2D eigenvalue weighted by molar-refractivity contribution is 7.89. The summed E-state index contributed by atoms with van der Waals surface area (Å²) in [7, 11) is -3.40. The number of rotatable bonds is 6. The van der Waals surface area contributed by atoms with Gasteiger partial charge >= 0.3 is 0 Å². The monoisotopic (exact) mass is 283 g/mol. The average molecular weight is 283 g/mol. The summed E-state index contributed by atoms with van der Waals surface area (Å²) in [5, 5.41) is 0. The van der Waals surface area contributed by atoms with Crippen molar-refractivity contribution in [3.63, 3.8) is 0 Å². The lowest BCUT2D eigenvalue weighted by atomic mass is 10.1. The van der Waals surface area contributed by atoms with Gasteiger partial charge in [0.05, 0.1) is 4.90 Å². The molecular formula is C15H25NO2S. The third-order valence-electron chi connectivity index (χ3n) is 3.32. The van der Waals surface area contributed by atoms with Crippen molar-refractivity contribution >= 4 is 10.0 Å². The van der Waals surface area contributed by atoms with E-state index in [1.165, 1.54) is 0 Å².